The van der Waals surface area contributed by atoms with E-state index in [1.807, 2.05) is 24.4 Å². The number of carbonyl (C=O) groups excluding carboxylic acids is 1. The maximum atomic E-state index is 12.8. The Morgan fingerprint density at radius 1 is 1.29 bits per heavy atom. The lowest BCUT2D eigenvalue weighted by Crippen LogP contribution is -2.13. The normalized spacial score (nSPS) is 10.9. The van der Waals surface area contributed by atoms with Crippen LogP contribution in [0, 0.1) is 17.0 Å². The van der Waals surface area contributed by atoms with Crippen molar-refractivity contribution < 1.29 is 9.72 Å². The fourth-order valence-electron chi connectivity index (χ4n) is 2.89. The molecule has 3 heterocycles. The first-order valence-corrected chi connectivity index (χ1v) is 9.30. The highest BCUT2D eigenvalue weighted by Gasteiger charge is 2.17. The summed E-state index contributed by atoms with van der Waals surface area (Å²) in [6.07, 6.45) is 1.64. The smallest absolute Gasteiger partial charge is 0.269 e. The standard InChI is InChI=1S/C19H15N5O3S/c1-12-9-16(19(25)22-13-4-6-14(7-5-13)24(26)27)17-10-20-23(18(17)21-12)11-15-3-2-8-28-15/h2-10H,11H2,1H3,(H,22,25). The summed E-state index contributed by atoms with van der Waals surface area (Å²) in [5.74, 6) is -0.319. The zero-order valence-electron chi connectivity index (χ0n) is 14.8. The maximum absolute atomic E-state index is 12.8. The van der Waals surface area contributed by atoms with E-state index in [9.17, 15) is 14.9 Å². The van der Waals surface area contributed by atoms with Crippen molar-refractivity contribution in [3.8, 4) is 0 Å². The van der Waals surface area contributed by atoms with E-state index in [-0.39, 0.29) is 11.6 Å². The van der Waals surface area contributed by atoms with E-state index in [0.29, 0.717) is 34.5 Å². The van der Waals surface area contributed by atoms with Crippen molar-refractivity contribution in [3.63, 3.8) is 0 Å². The summed E-state index contributed by atoms with van der Waals surface area (Å²) < 4.78 is 1.77. The van der Waals surface area contributed by atoms with Crippen LogP contribution >= 0.6 is 11.3 Å². The van der Waals surface area contributed by atoms with Crippen molar-refractivity contribution in [3.05, 3.63) is 80.3 Å². The number of fused-ring (bicyclic) bond motifs is 1. The van der Waals surface area contributed by atoms with Gasteiger partial charge in [0.1, 0.15) is 0 Å². The van der Waals surface area contributed by atoms with Crippen molar-refractivity contribution in [2.75, 3.05) is 5.32 Å². The highest BCUT2D eigenvalue weighted by molar-refractivity contribution is 7.09. The van der Waals surface area contributed by atoms with Gasteiger partial charge in [-0.3, -0.25) is 14.9 Å². The fraction of sp³-hybridized carbons (Fsp3) is 0.105. The molecule has 4 aromatic rings. The number of pyridine rings is 1. The summed E-state index contributed by atoms with van der Waals surface area (Å²) in [4.78, 5) is 28.8. The molecular formula is C19H15N5O3S. The molecule has 3 aromatic heterocycles. The monoisotopic (exact) mass is 393 g/mol. The lowest BCUT2D eigenvalue weighted by atomic mass is 10.1. The number of carbonyl (C=O) groups is 1. The van der Waals surface area contributed by atoms with E-state index >= 15 is 0 Å². The molecule has 0 aliphatic heterocycles. The largest absolute Gasteiger partial charge is 0.322 e. The predicted molar refractivity (Wildman–Crippen MR) is 107 cm³/mol. The Hall–Kier alpha value is -3.59. The first-order chi connectivity index (χ1) is 13.5. The SMILES string of the molecule is Cc1cc(C(=O)Nc2ccc([N+](=O)[O-])cc2)c2cnn(Cc3cccs3)c2n1. The number of nitrogens with one attached hydrogen (secondary N) is 1. The van der Waals surface area contributed by atoms with Crippen LogP contribution < -0.4 is 5.32 Å². The Balaban J connectivity index is 1.65. The number of hydrogen-bond acceptors (Lipinski definition) is 6. The van der Waals surface area contributed by atoms with E-state index in [1.165, 1.54) is 24.3 Å². The van der Waals surface area contributed by atoms with Crippen LogP contribution in [0.25, 0.3) is 11.0 Å². The van der Waals surface area contributed by atoms with Crippen LogP contribution in [0.5, 0.6) is 0 Å². The van der Waals surface area contributed by atoms with Crippen molar-refractivity contribution in [2.45, 2.75) is 13.5 Å². The molecule has 1 aromatic carbocycles. The number of amides is 1. The molecule has 0 unspecified atom stereocenters. The minimum absolute atomic E-state index is 0.0324. The van der Waals surface area contributed by atoms with Crippen molar-refractivity contribution in [1.82, 2.24) is 14.8 Å². The van der Waals surface area contributed by atoms with Crippen LogP contribution in [0.2, 0.25) is 0 Å². The first-order valence-electron chi connectivity index (χ1n) is 8.42. The van der Waals surface area contributed by atoms with Gasteiger partial charge in [-0.2, -0.15) is 5.10 Å². The van der Waals surface area contributed by atoms with Gasteiger partial charge in [0.25, 0.3) is 11.6 Å². The Kier molecular flexibility index (Phi) is 4.58. The molecule has 4 rings (SSSR count). The fourth-order valence-corrected chi connectivity index (χ4v) is 3.58. The molecule has 0 fully saturated rings. The number of thiophene rings is 1. The van der Waals surface area contributed by atoms with E-state index in [4.69, 9.17) is 0 Å². The van der Waals surface area contributed by atoms with Crippen LogP contribution in [0.3, 0.4) is 0 Å². The van der Waals surface area contributed by atoms with Crippen LogP contribution in [0.4, 0.5) is 11.4 Å². The van der Waals surface area contributed by atoms with Gasteiger partial charge in [0.05, 0.1) is 28.6 Å². The van der Waals surface area contributed by atoms with Gasteiger partial charge in [-0.05, 0) is 36.6 Å². The average molecular weight is 393 g/mol. The van der Waals surface area contributed by atoms with E-state index in [2.05, 4.69) is 15.4 Å². The zero-order chi connectivity index (χ0) is 19.7. The Morgan fingerprint density at radius 2 is 2.07 bits per heavy atom. The van der Waals surface area contributed by atoms with Gasteiger partial charge in [-0.1, -0.05) is 6.07 Å². The van der Waals surface area contributed by atoms with Crippen molar-refractivity contribution in [1.29, 1.82) is 0 Å². The summed E-state index contributed by atoms with van der Waals surface area (Å²) >= 11 is 1.63. The number of nitro benzene ring substituents is 1. The quantitative estimate of drug-likeness (QED) is 0.408. The van der Waals surface area contributed by atoms with Gasteiger partial charge in [-0.25, -0.2) is 9.67 Å². The van der Waals surface area contributed by atoms with Gasteiger partial charge < -0.3 is 5.32 Å². The summed E-state index contributed by atoms with van der Waals surface area (Å²) in [5.41, 5.74) is 2.24. The molecule has 140 valence electrons. The summed E-state index contributed by atoms with van der Waals surface area (Å²) in [6, 6.07) is 11.4. The molecule has 8 nitrogen and oxygen atoms in total. The molecule has 9 heteroatoms. The second kappa shape index (κ2) is 7.20. The molecule has 0 bridgehead atoms. The molecule has 0 spiro atoms. The Bertz CT molecular complexity index is 1170. The van der Waals surface area contributed by atoms with E-state index < -0.39 is 4.92 Å². The minimum atomic E-state index is -0.483. The van der Waals surface area contributed by atoms with Gasteiger partial charge >= 0.3 is 0 Å². The van der Waals surface area contributed by atoms with Crippen LogP contribution in [0.1, 0.15) is 20.9 Å². The first kappa shape index (κ1) is 17.8. The number of non-ortho nitro benzene ring substituents is 1. The molecule has 0 aliphatic rings. The predicted octanol–water partition coefficient (Wildman–Crippen LogP) is 4.01. The molecule has 0 saturated carbocycles. The van der Waals surface area contributed by atoms with Gasteiger partial charge in [-0.15, -0.1) is 11.3 Å². The number of rotatable bonds is 5. The average Bonchev–Trinajstić information content (AvgIpc) is 3.32. The van der Waals surface area contributed by atoms with E-state index in [1.54, 1.807) is 28.3 Å². The molecule has 0 radical (unpaired) electrons. The molecule has 0 atom stereocenters. The molecule has 1 N–H and O–H groups in total. The third-order valence-corrected chi connectivity index (χ3v) is 5.06. The van der Waals surface area contributed by atoms with E-state index in [0.717, 1.165) is 4.88 Å². The molecule has 0 aliphatic carbocycles. The van der Waals surface area contributed by atoms with Crippen molar-refractivity contribution in [2.24, 2.45) is 0 Å². The van der Waals surface area contributed by atoms with Crippen molar-refractivity contribution >= 4 is 39.7 Å². The third kappa shape index (κ3) is 3.47. The van der Waals surface area contributed by atoms with Gasteiger partial charge in [0.15, 0.2) is 5.65 Å². The third-order valence-electron chi connectivity index (χ3n) is 4.20. The summed E-state index contributed by atoms with van der Waals surface area (Å²) in [7, 11) is 0. The molecule has 28 heavy (non-hydrogen) atoms. The van der Waals surface area contributed by atoms with Gasteiger partial charge in [0.2, 0.25) is 0 Å². The molecule has 0 saturated heterocycles. The Morgan fingerprint density at radius 3 is 2.75 bits per heavy atom. The minimum Gasteiger partial charge on any atom is -0.322 e. The second-order valence-electron chi connectivity index (χ2n) is 6.19. The van der Waals surface area contributed by atoms with Crippen LogP contribution in [0.15, 0.2) is 54.0 Å². The number of hydrogen-bond donors (Lipinski definition) is 1. The second-order valence-corrected chi connectivity index (χ2v) is 7.22. The number of aromatic nitrogens is 3. The lowest BCUT2D eigenvalue weighted by Gasteiger charge is -2.08. The number of anilines is 1. The number of nitrogens with zero attached hydrogens (tertiary/aromatic N) is 4. The topological polar surface area (TPSA) is 103 Å². The van der Waals surface area contributed by atoms with Crippen LogP contribution in [-0.2, 0) is 6.54 Å². The lowest BCUT2D eigenvalue weighted by molar-refractivity contribution is -0.384. The molecular weight excluding hydrogens is 378 g/mol. The van der Waals surface area contributed by atoms with Crippen LogP contribution in [-0.4, -0.2) is 25.6 Å². The highest BCUT2D eigenvalue weighted by atomic mass is 32.1. The Labute approximate surface area is 163 Å². The summed E-state index contributed by atoms with van der Waals surface area (Å²) in [6.45, 7) is 2.41. The number of nitro groups is 1. The maximum Gasteiger partial charge on any atom is 0.269 e. The number of aryl methyl sites for hydroxylation is 1. The molecule has 1 amide bonds. The number of benzene rings is 1. The highest BCUT2D eigenvalue weighted by Crippen LogP contribution is 2.22. The zero-order valence-corrected chi connectivity index (χ0v) is 15.6. The summed E-state index contributed by atoms with van der Waals surface area (Å²) in [5, 5.41) is 20.6. The van der Waals surface area contributed by atoms with Gasteiger partial charge in [0, 0.05) is 28.4 Å².